The van der Waals surface area contributed by atoms with Gasteiger partial charge < -0.3 is 11.1 Å². The summed E-state index contributed by atoms with van der Waals surface area (Å²) in [7, 11) is 0. The average molecular weight is 184 g/mol. The van der Waals surface area contributed by atoms with E-state index in [-0.39, 0.29) is 5.91 Å². The molecular formula is C10H20N2O. The first-order valence-electron chi connectivity index (χ1n) is 5.21. The third kappa shape index (κ3) is 3.77. The van der Waals surface area contributed by atoms with Crippen molar-refractivity contribution in [1.82, 2.24) is 5.32 Å². The van der Waals surface area contributed by atoms with Gasteiger partial charge in [-0.1, -0.05) is 19.8 Å². The number of rotatable bonds is 4. The van der Waals surface area contributed by atoms with Gasteiger partial charge in [-0.2, -0.15) is 0 Å². The zero-order chi connectivity index (χ0) is 9.68. The third-order valence-electron chi connectivity index (χ3n) is 2.66. The Morgan fingerprint density at radius 1 is 1.54 bits per heavy atom. The molecule has 0 aromatic rings. The monoisotopic (exact) mass is 184 g/mol. The number of hydrogen-bond acceptors (Lipinski definition) is 2. The van der Waals surface area contributed by atoms with Gasteiger partial charge in [0.1, 0.15) is 0 Å². The lowest BCUT2D eigenvalue weighted by molar-refractivity contribution is -0.122. The van der Waals surface area contributed by atoms with Gasteiger partial charge in [-0.15, -0.1) is 0 Å². The molecule has 0 radical (unpaired) electrons. The maximum Gasteiger partial charge on any atom is 0.220 e. The van der Waals surface area contributed by atoms with Crippen molar-refractivity contribution in [1.29, 1.82) is 0 Å². The average Bonchev–Trinajstić information content (AvgIpc) is 2.56. The van der Waals surface area contributed by atoms with E-state index >= 15 is 0 Å². The van der Waals surface area contributed by atoms with E-state index in [2.05, 4.69) is 5.32 Å². The summed E-state index contributed by atoms with van der Waals surface area (Å²) in [5.41, 5.74) is 5.45. The van der Waals surface area contributed by atoms with Crippen molar-refractivity contribution in [3.63, 3.8) is 0 Å². The van der Waals surface area contributed by atoms with Crippen LogP contribution in [0.2, 0.25) is 0 Å². The minimum Gasteiger partial charge on any atom is -0.353 e. The number of amides is 1. The molecule has 1 atom stereocenters. The summed E-state index contributed by atoms with van der Waals surface area (Å²) in [5.74, 6) is 0.478. The summed E-state index contributed by atoms with van der Waals surface area (Å²) < 4.78 is 0. The molecule has 1 fully saturated rings. The standard InChI is InChI=1S/C10H20N2O/c1-8(7-11)6-10(13)12-9-4-2-3-5-9/h8-9H,2-7,11H2,1H3,(H,12,13). The van der Waals surface area contributed by atoms with E-state index in [0.29, 0.717) is 24.9 Å². The van der Waals surface area contributed by atoms with E-state index in [1.807, 2.05) is 6.92 Å². The summed E-state index contributed by atoms with van der Waals surface area (Å²) in [4.78, 5) is 11.4. The maximum absolute atomic E-state index is 11.4. The molecule has 0 saturated heterocycles. The van der Waals surface area contributed by atoms with Crippen molar-refractivity contribution in [2.24, 2.45) is 11.7 Å². The van der Waals surface area contributed by atoms with E-state index < -0.39 is 0 Å². The van der Waals surface area contributed by atoms with Gasteiger partial charge >= 0.3 is 0 Å². The molecule has 0 bridgehead atoms. The molecule has 1 aliphatic rings. The Kier molecular flexibility index (Phi) is 4.22. The fraction of sp³-hybridized carbons (Fsp3) is 0.900. The lowest BCUT2D eigenvalue weighted by atomic mass is 10.1. The molecule has 1 rings (SSSR count). The van der Waals surface area contributed by atoms with Crippen LogP contribution in [0.15, 0.2) is 0 Å². The molecule has 1 unspecified atom stereocenters. The van der Waals surface area contributed by atoms with Gasteiger partial charge in [0.2, 0.25) is 5.91 Å². The first-order chi connectivity index (χ1) is 6.22. The van der Waals surface area contributed by atoms with Gasteiger partial charge in [-0.05, 0) is 25.3 Å². The minimum absolute atomic E-state index is 0.171. The second-order valence-electron chi connectivity index (χ2n) is 4.09. The molecule has 1 saturated carbocycles. The number of nitrogens with one attached hydrogen (secondary N) is 1. The van der Waals surface area contributed by atoms with Gasteiger partial charge in [0.05, 0.1) is 0 Å². The number of carbonyl (C=O) groups excluding carboxylic acids is 1. The van der Waals surface area contributed by atoms with Crippen molar-refractivity contribution < 1.29 is 4.79 Å². The summed E-state index contributed by atoms with van der Waals surface area (Å²) in [6.45, 7) is 2.60. The summed E-state index contributed by atoms with van der Waals surface area (Å²) in [6, 6.07) is 0.442. The van der Waals surface area contributed by atoms with Crippen molar-refractivity contribution in [3.8, 4) is 0 Å². The second-order valence-corrected chi connectivity index (χ2v) is 4.09. The SMILES string of the molecule is CC(CN)CC(=O)NC1CCCC1. The molecule has 0 aromatic heterocycles. The van der Waals surface area contributed by atoms with Crippen molar-refractivity contribution in [2.75, 3.05) is 6.54 Å². The van der Waals surface area contributed by atoms with E-state index in [0.717, 1.165) is 12.8 Å². The van der Waals surface area contributed by atoms with E-state index in [9.17, 15) is 4.79 Å². The fourth-order valence-corrected chi connectivity index (χ4v) is 1.76. The van der Waals surface area contributed by atoms with E-state index in [4.69, 9.17) is 5.73 Å². The van der Waals surface area contributed by atoms with Crippen LogP contribution in [0.4, 0.5) is 0 Å². The van der Waals surface area contributed by atoms with Crippen LogP contribution in [-0.4, -0.2) is 18.5 Å². The Morgan fingerprint density at radius 2 is 2.15 bits per heavy atom. The molecular weight excluding hydrogens is 164 g/mol. The topological polar surface area (TPSA) is 55.1 Å². The third-order valence-corrected chi connectivity index (χ3v) is 2.66. The lowest BCUT2D eigenvalue weighted by Crippen LogP contribution is -2.34. The smallest absolute Gasteiger partial charge is 0.220 e. The van der Waals surface area contributed by atoms with E-state index in [1.54, 1.807) is 0 Å². The van der Waals surface area contributed by atoms with Crippen LogP contribution in [0.1, 0.15) is 39.0 Å². The predicted molar refractivity (Wildman–Crippen MR) is 53.2 cm³/mol. The van der Waals surface area contributed by atoms with Crippen LogP contribution in [0.25, 0.3) is 0 Å². The van der Waals surface area contributed by atoms with Gasteiger partial charge in [0, 0.05) is 12.5 Å². The molecule has 13 heavy (non-hydrogen) atoms. The highest BCUT2D eigenvalue weighted by molar-refractivity contribution is 5.76. The molecule has 0 spiro atoms. The second kappa shape index (κ2) is 5.22. The Balaban J connectivity index is 2.16. The van der Waals surface area contributed by atoms with Crippen molar-refractivity contribution in [2.45, 2.75) is 45.1 Å². The number of hydrogen-bond donors (Lipinski definition) is 2. The van der Waals surface area contributed by atoms with Gasteiger partial charge in [0.15, 0.2) is 0 Å². The normalized spacial score (nSPS) is 20.2. The largest absolute Gasteiger partial charge is 0.353 e. The Bertz CT molecular complexity index is 164. The molecule has 1 amide bonds. The minimum atomic E-state index is 0.171. The van der Waals surface area contributed by atoms with E-state index in [1.165, 1.54) is 12.8 Å². The van der Waals surface area contributed by atoms with Crippen molar-refractivity contribution >= 4 is 5.91 Å². The maximum atomic E-state index is 11.4. The summed E-state index contributed by atoms with van der Waals surface area (Å²) in [6.07, 6.45) is 5.41. The van der Waals surface area contributed by atoms with Gasteiger partial charge in [0.25, 0.3) is 0 Å². The molecule has 0 heterocycles. The highest BCUT2D eigenvalue weighted by atomic mass is 16.1. The first-order valence-corrected chi connectivity index (χ1v) is 5.21. The zero-order valence-corrected chi connectivity index (χ0v) is 8.38. The van der Waals surface area contributed by atoms with Crippen LogP contribution < -0.4 is 11.1 Å². The summed E-state index contributed by atoms with van der Waals surface area (Å²) >= 11 is 0. The van der Waals surface area contributed by atoms with Crippen LogP contribution >= 0.6 is 0 Å². The van der Waals surface area contributed by atoms with Crippen molar-refractivity contribution in [3.05, 3.63) is 0 Å². The van der Waals surface area contributed by atoms with Crippen LogP contribution in [0.3, 0.4) is 0 Å². The Labute approximate surface area is 80.1 Å². The molecule has 0 aliphatic heterocycles. The zero-order valence-electron chi connectivity index (χ0n) is 8.38. The van der Waals surface area contributed by atoms with Gasteiger partial charge in [-0.3, -0.25) is 4.79 Å². The highest BCUT2D eigenvalue weighted by Crippen LogP contribution is 2.17. The Morgan fingerprint density at radius 3 is 2.69 bits per heavy atom. The lowest BCUT2D eigenvalue weighted by Gasteiger charge is -2.13. The molecule has 3 N–H and O–H groups in total. The molecule has 3 heteroatoms. The molecule has 0 aromatic carbocycles. The molecule has 1 aliphatic carbocycles. The predicted octanol–water partition coefficient (Wildman–Crippen LogP) is 1.03. The molecule has 76 valence electrons. The van der Waals surface area contributed by atoms with Crippen LogP contribution in [0, 0.1) is 5.92 Å². The van der Waals surface area contributed by atoms with Gasteiger partial charge in [-0.25, -0.2) is 0 Å². The number of carbonyl (C=O) groups is 1. The number of nitrogens with two attached hydrogens (primary N) is 1. The van der Waals surface area contributed by atoms with Crippen LogP contribution in [0.5, 0.6) is 0 Å². The first kappa shape index (κ1) is 10.5. The highest BCUT2D eigenvalue weighted by Gasteiger charge is 2.17. The van der Waals surface area contributed by atoms with Crippen LogP contribution in [-0.2, 0) is 4.79 Å². The Hall–Kier alpha value is -0.570. The fourth-order valence-electron chi connectivity index (χ4n) is 1.76. The molecule has 3 nitrogen and oxygen atoms in total. The quantitative estimate of drug-likeness (QED) is 0.685. The summed E-state index contributed by atoms with van der Waals surface area (Å²) in [5, 5.41) is 3.05.